The van der Waals surface area contributed by atoms with Gasteiger partial charge in [0.2, 0.25) is 0 Å². The predicted octanol–water partition coefficient (Wildman–Crippen LogP) is 3.60. The molecule has 5 heteroatoms. The molecule has 1 aromatic carbocycles. The third-order valence-corrected chi connectivity index (χ3v) is 4.48. The summed E-state index contributed by atoms with van der Waals surface area (Å²) in [5, 5.41) is 7.61. The van der Waals surface area contributed by atoms with Crippen LogP contribution < -0.4 is 5.32 Å². The monoisotopic (exact) mass is 348 g/mol. The van der Waals surface area contributed by atoms with E-state index in [0.29, 0.717) is 5.69 Å². The third kappa shape index (κ3) is 3.82. The van der Waals surface area contributed by atoms with Gasteiger partial charge in [0, 0.05) is 19.4 Å². The Morgan fingerprint density at radius 1 is 1.19 bits per heavy atom. The summed E-state index contributed by atoms with van der Waals surface area (Å²) in [5.41, 5.74) is 4.71. The van der Waals surface area contributed by atoms with E-state index in [0.717, 1.165) is 35.2 Å². The Hall–Kier alpha value is -2.95. The number of rotatable bonds is 6. The minimum absolute atomic E-state index is 0.132. The van der Waals surface area contributed by atoms with Gasteiger partial charge in [0.25, 0.3) is 5.91 Å². The highest BCUT2D eigenvalue weighted by atomic mass is 16.2. The standard InChI is InChI=1S/C21H24N4O/c1-4-7-17-14-19(25(3)24-17)21(26)23-20(16-10-12-22-13-11-16)18-9-6-5-8-15(18)2/h5-6,8-14,20H,4,7H2,1-3H3,(H,23,26). The number of aryl methyl sites for hydroxylation is 3. The van der Waals surface area contributed by atoms with E-state index in [9.17, 15) is 4.79 Å². The van der Waals surface area contributed by atoms with E-state index in [2.05, 4.69) is 35.3 Å². The molecule has 0 aliphatic rings. The maximum atomic E-state index is 13.0. The number of hydrogen-bond acceptors (Lipinski definition) is 3. The summed E-state index contributed by atoms with van der Waals surface area (Å²) >= 11 is 0. The van der Waals surface area contributed by atoms with Gasteiger partial charge in [0.1, 0.15) is 5.69 Å². The van der Waals surface area contributed by atoms with Crippen molar-refractivity contribution in [1.29, 1.82) is 0 Å². The smallest absolute Gasteiger partial charge is 0.270 e. The predicted molar refractivity (Wildman–Crippen MR) is 102 cm³/mol. The Kier molecular flexibility index (Phi) is 5.46. The first kappa shape index (κ1) is 17.9. The van der Waals surface area contributed by atoms with Gasteiger partial charge in [-0.2, -0.15) is 5.10 Å². The number of pyridine rings is 1. The molecule has 1 amide bonds. The van der Waals surface area contributed by atoms with Crippen LogP contribution in [0.5, 0.6) is 0 Å². The van der Waals surface area contributed by atoms with E-state index in [1.807, 2.05) is 43.4 Å². The largest absolute Gasteiger partial charge is 0.340 e. The second-order valence-corrected chi connectivity index (χ2v) is 6.44. The number of amides is 1. The zero-order valence-corrected chi connectivity index (χ0v) is 15.4. The molecule has 0 spiro atoms. The van der Waals surface area contributed by atoms with Crippen molar-refractivity contribution in [3.05, 3.63) is 82.9 Å². The molecule has 0 radical (unpaired) electrons. The molecule has 0 saturated heterocycles. The molecule has 3 rings (SSSR count). The number of aromatic nitrogens is 3. The van der Waals surface area contributed by atoms with Crippen molar-refractivity contribution in [1.82, 2.24) is 20.1 Å². The number of nitrogens with one attached hydrogen (secondary N) is 1. The van der Waals surface area contributed by atoms with Gasteiger partial charge in [-0.05, 0) is 48.2 Å². The van der Waals surface area contributed by atoms with Gasteiger partial charge >= 0.3 is 0 Å². The molecule has 2 heterocycles. The Labute approximate surface area is 154 Å². The van der Waals surface area contributed by atoms with Gasteiger partial charge in [0.15, 0.2) is 0 Å². The Morgan fingerprint density at radius 2 is 1.92 bits per heavy atom. The molecular weight excluding hydrogens is 324 g/mol. The maximum absolute atomic E-state index is 13.0. The lowest BCUT2D eigenvalue weighted by Crippen LogP contribution is -2.31. The Morgan fingerprint density at radius 3 is 2.62 bits per heavy atom. The zero-order chi connectivity index (χ0) is 18.5. The SMILES string of the molecule is CCCc1cc(C(=O)NC(c2ccncc2)c2ccccc2C)n(C)n1. The van der Waals surface area contributed by atoms with E-state index in [1.54, 1.807) is 17.1 Å². The van der Waals surface area contributed by atoms with E-state index in [1.165, 1.54) is 0 Å². The first-order valence-electron chi connectivity index (χ1n) is 8.89. The molecule has 0 aliphatic carbocycles. The van der Waals surface area contributed by atoms with Crippen LogP contribution in [-0.4, -0.2) is 20.7 Å². The summed E-state index contributed by atoms with van der Waals surface area (Å²) in [5.74, 6) is -0.132. The van der Waals surface area contributed by atoms with Gasteiger partial charge in [-0.15, -0.1) is 0 Å². The van der Waals surface area contributed by atoms with Crippen LogP contribution >= 0.6 is 0 Å². The van der Waals surface area contributed by atoms with Crippen LogP contribution in [-0.2, 0) is 13.5 Å². The average Bonchev–Trinajstić information content (AvgIpc) is 3.02. The lowest BCUT2D eigenvalue weighted by Gasteiger charge is -2.21. The van der Waals surface area contributed by atoms with Crippen molar-refractivity contribution in [3.63, 3.8) is 0 Å². The molecule has 2 aromatic heterocycles. The van der Waals surface area contributed by atoms with E-state index in [4.69, 9.17) is 0 Å². The molecule has 3 aromatic rings. The maximum Gasteiger partial charge on any atom is 0.270 e. The van der Waals surface area contributed by atoms with Crippen molar-refractivity contribution < 1.29 is 4.79 Å². The summed E-state index contributed by atoms with van der Waals surface area (Å²) in [6, 6.07) is 13.6. The minimum atomic E-state index is -0.240. The van der Waals surface area contributed by atoms with Crippen LogP contribution in [0, 0.1) is 6.92 Å². The summed E-state index contributed by atoms with van der Waals surface area (Å²) in [6.07, 6.45) is 5.36. The molecule has 0 fully saturated rings. The van der Waals surface area contributed by atoms with Crippen molar-refractivity contribution >= 4 is 5.91 Å². The quantitative estimate of drug-likeness (QED) is 0.740. The highest BCUT2D eigenvalue weighted by Gasteiger charge is 2.21. The fraction of sp³-hybridized carbons (Fsp3) is 0.286. The second kappa shape index (κ2) is 7.95. The third-order valence-electron chi connectivity index (χ3n) is 4.48. The van der Waals surface area contributed by atoms with E-state index in [-0.39, 0.29) is 11.9 Å². The van der Waals surface area contributed by atoms with E-state index >= 15 is 0 Å². The molecule has 1 unspecified atom stereocenters. The normalized spacial score (nSPS) is 12.0. The van der Waals surface area contributed by atoms with Gasteiger partial charge in [-0.1, -0.05) is 37.6 Å². The van der Waals surface area contributed by atoms with Gasteiger partial charge < -0.3 is 5.32 Å². The van der Waals surface area contributed by atoms with Crippen LogP contribution in [0.15, 0.2) is 54.9 Å². The highest BCUT2D eigenvalue weighted by Crippen LogP contribution is 2.25. The van der Waals surface area contributed by atoms with Crippen LogP contribution in [0.1, 0.15) is 52.3 Å². The number of benzene rings is 1. The molecule has 134 valence electrons. The molecule has 1 atom stereocenters. The highest BCUT2D eigenvalue weighted by molar-refractivity contribution is 5.93. The van der Waals surface area contributed by atoms with Crippen molar-refractivity contribution in [2.75, 3.05) is 0 Å². The van der Waals surface area contributed by atoms with Crippen molar-refractivity contribution in [3.8, 4) is 0 Å². The zero-order valence-electron chi connectivity index (χ0n) is 15.4. The molecule has 1 N–H and O–H groups in total. The summed E-state index contributed by atoms with van der Waals surface area (Å²) in [4.78, 5) is 17.1. The summed E-state index contributed by atoms with van der Waals surface area (Å²) < 4.78 is 1.65. The first-order chi connectivity index (χ1) is 12.6. The first-order valence-corrected chi connectivity index (χ1v) is 8.89. The Balaban J connectivity index is 1.94. The van der Waals surface area contributed by atoms with Crippen molar-refractivity contribution in [2.24, 2.45) is 7.05 Å². The number of hydrogen-bond donors (Lipinski definition) is 1. The fourth-order valence-electron chi connectivity index (χ4n) is 3.13. The van der Waals surface area contributed by atoms with Crippen LogP contribution in [0.3, 0.4) is 0 Å². The number of carbonyl (C=O) groups is 1. The average molecular weight is 348 g/mol. The van der Waals surface area contributed by atoms with Gasteiger partial charge in [-0.3, -0.25) is 14.5 Å². The summed E-state index contributed by atoms with van der Waals surface area (Å²) in [7, 11) is 1.81. The molecule has 0 bridgehead atoms. The van der Waals surface area contributed by atoms with Crippen LogP contribution in [0.25, 0.3) is 0 Å². The van der Waals surface area contributed by atoms with Crippen LogP contribution in [0.2, 0.25) is 0 Å². The lowest BCUT2D eigenvalue weighted by atomic mass is 9.95. The van der Waals surface area contributed by atoms with Crippen LogP contribution in [0.4, 0.5) is 0 Å². The van der Waals surface area contributed by atoms with Gasteiger partial charge in [0.05, 0.1) is 11.7 Å². The molecular formula is C21H24N4O. The topological polar surface area (TPSA) is 59.8 Å². The summed E-state index contributed by atoms with van der Waals surface area (Å²) in [6.45, 7) is 4.16. The Bertz CT molecular complexity index is 886. The lowest BCUT2D eigenvalue weighted by molar-refractivity contribution is 0.0933. The molecule has 0 aliphatic heterocycles. The minimum Gasteiger partial charge on any atom is -0.340 e. The number of nitrogens with zero attached hydrogens (tertiary/aromatic N) is 3. The fourth-order valence-corrected chi connectivity index (χ4v) is 3.13. The molecule has 5 nitrogen and oxygen atoms in total. The second-order valence-electron chi connectivity index (χ2n) is 6.44. The molecule has 0 saturated carbocycles. The number of carbonyl (C=O) groups excluding carboxylic acids is 1. The van der Waals surface area contributed by atoms with E-state index < -0.39 is 0 Å². The van der Waals surface area contributed by atoms with Gasteiger partial charge in [-0.25, -0.2) is 0 Å². The molecule has 26 heavy (non-hydrogen) atoms. The van der Waals surface area contributed by atoms with Crippen molar-refractivity contribution in [2.45, 2.75) is 32.7 Å².